The van der Waals surface area contributed by atoms with Crippen molar-refractivity contribution >= 4 is 17.7 Å². The summed E-state index contributed by atoms with van der Waals surface area (Å²) in [6.07, 6.45) is 3.62. The first-order valence-corrected chi connectivity index (χ1v) is 6.60. The third-order valence-electron chi connectivity index (χ3n) is 1.76. The van der Waals surface area contributed by atoms with Crippen molar-refractivity contribution in [2.75, 3.05) is 31.8 Å². The molecule has 0 bridgehead atoms. The molecule has 4 nitrogen and oxygen atoms in total. The Bertz CT molecular complexity index is 167. The largest absolute Gasteiger partial charge is 0.462 e. The second-order valence-electron chi connectivity index (χ2n) is 3.17. The summed E-state index contributed by atoms with van der Waals surface area (Å²) >= 11 is 1.67. The van der Waals surface area contributed by atoms with Crippen molar-refractivity contribution in [2.45, 2.75) is 25.8 Å². The molecule has 0 aliphatic rings. The Morgan fingerprint density at radius 2 is 2.13 bits per heavy atom. The topological polar surface area (TPSA) is 61.5 Å². The summed E-state index contributed by atoms with van der Waals surface area (Å²) in [7, 11) is 0. The van der Waals surface area contributed by atoms with E-state index in [0.29, 0.717) is 26.2 Å². The van der Waals surface area contributed by atoms with Crippen LogP contribution in [0.3, 0.4) is 0 Å². The summed E-state index contributed by atoms with van der Waals surface area (Å²) in [5, 5.41) is 0. The molecule has 0 unspecified atom stereocenters. The summed E-state index contributed by atoms with van der Waals surface area (Å²) in [4.78, 5) is 11.3. The van der Waals surface area contributed by atoms with Crippen LogP contribution in [0.1, 0.15) is 19.8 Å². The maximum absolute atomic E-state index is 11.3. The Kier molecular flexibility index (Phi) is 10.1. The van der Waals surface area contributed by atoms with Gasteiger partial charge in [-0.2, -0.15) is 11.8 Å². The fraction of sp³-hybridized carbons (Fsp3) is 0.900. The van der Waals surface area contributed by atoms with Crippen molar-refractivity contribution < 1.29 is 14.3 Å². The van der Waals surface area contributed by atoms with Crippen molar-refractivity contribution in [2.24, 2.45) is 5.73 Å². The first-order valence-electron chi connectivity index (χ1n) is 5.21. The molecule has 15 heavy (non-hydrogen) atoms. The lowest BCUT2D eigenvalue weighted by molar-refractivity contribution is -0.146. The number of esters is 1. The maximum atomic E-state index is 11.3. The lowest BCUT2D eigenvalue weighted by Crippen LogP contribution is -2.33. The van der Waals surface area contributed by atoms with Crippen LogP contribution in [0.4, 0.5) is 0 Å². The zero-order valence-corrected chi connectivity index (χ0v) is 10.3. The van der Waals surface area contributed by atoms with Gasteiger partial charge in [0.1, 0.15) is 12.6 Å². The molecule has 0 fully saturated rings. The van der Waals surface area contributed by atoms with E-state index < -0.39 is 6.04 Å². The molecule has 0 rings (SSSR count). The fourth-order valence-corrected chi connectivity index (χ4v) is 1.41. The third kappa shape index (κ3) is 8.72. The minimum atomic E-state index is -0.497. The Hall–Kier alpha value is -0.260. The quantitative estimate of drug-likeness (QED) is 0.478. The first kappa shape index (κ1) is 14.7. The Morgan fingerprint density at radius 1 is 1.40 bits per heavy atom. The predicted molar refractivity (Wildman–Crippen MR) is 63.0 cm³/mol. The van der Waals surface area contributed by atoms with Crippen molar-refractivity contribution in [3.8, 4) is 0 Å². The molecule has 90 valence electrons. The van der Waals surface area contributed by atoms with Gasteiger partial charge in [-0.05, 0) is 24.9 Å². The van der Waals surface area contributed by atoms with Crippen LogP contribution in [-0.4, -0.2) is 43.8 Å². The predicted octanol–water partition coefficient (Wildman–Crippen LogP) is 1.04. The van der Waals surface area contributed by atoms with Gasteiger partial charge in [0.25, 0.3) is 0 Å². The number of carbonyl (C=O) groups is 1. The highest BCUT2D eigenvalue weighted by molar-refractivity contribution is 7.98. The number of carbonyl (C=O) groups excluding carboxylic acids is 1. The third-order valence-corrected chi connectivity index (χ3v) is 2.40. The van der Waals surface area contributed by atoms with Crippen LogP contribution >= 0.6 is 11.8 Å². The zero-order valence-electron chi connectivity index (χ0n) is 9.53. The molecule has 0 aromatic carbocycles. The molecule has 0 heterocycles. The van der Waals surface area contributed by atoms with Crippen LogP contribution in [0.25, 0.3) is 0 Å². The standard InChI is InChI=1S/C10H21NO3S/c1-3-5-13-6-7-14-10(12)9(11)4-8-15-2/h9H,3-8,11H2,1-2H3/t9-/m1/s1. The van der Waals surface area contributed by atoms with Crippen LogP contribution in [0.5, 0.6) is 0 Å². The van der Waals surface area contributed by atoms with E-state index in [0.717, 1.165) is 12.2 Å². The van der Waals surface area contributed by atoms with Crippen molar-refractivity contribution in [3.63, 3.8) is 0 Å². The Balaban J connectivity index is 3.38. The van der Waals surface area contributed by atoms with Crippen LogP contribution < -0.4 is 5.73 Å². The molecular formula is C10H21NO3S. The van der Waals surface area contributed by atoms with E-state index in [9.17, 15) is 4.79 Å². The van der Waals surface area contributed by atoms with E-state index in [-0.39, 0.29) is 5.97 Å². The van der Waals surface area contributed by atoms with Crippen molar-refractivity contribution in [1.29, 1.82) is 0 Å². The van der Waals surface area contributed by atoms with Crippen LogP contribution in [0.15, 0.2) is 0 Å². The molecule has 0 aliphatic carbocycles. The SMILES string of the molecule is CCCOCCOC(=O)[C@H](N)CCSC. The monoisotopic (exact) mass is 235 g/mol. The van der Waals surface area contributed by atoms with Crippen LogP contribution in [0.2, 0.25) is 0 Å². The second-order valence-corrected chi connectivity index (χ2v) is 4.15. The minimum Gasteiger partial charge on any atom is -0.462 e. The fourth-order valence-electron chi connectivity index (χ4n) is 0.917. The minimum absolute atomic E-state index is 0.297. The van der Waals surface area contributed by atoms with E-state index in [2.05, 4.69) is 0 Å². The summed E-state index contributed by atoms with van der Waals surface area (Å²) in [5.74, 6) is 0.548. The number of rotatable bonds is 9. The van der Waals surface area contributed by atoms with Gasteiger partial charge < -0.3 is 15.2 Å². The van der Waals surface area contributed by atoms with Crippen molar-refractivity contribution in [3.05, 3.63) is 0 Å². The highest BCUT2D eigenvalue weighted by Crippen LogP contribution is 2.00. The lowest BCUT2D eigenvalue weighted by atomic mass is 10.2. The lowest BCUT2D eigenvalue weighted by Gasteiger charge is -2.10. The van der Waals surface area contributed by atoms with Gasteiger partial charge in [0.2, 0.25) is 0 Å². The molecule has 2 N–H and O–H groups in total. The number of thioether (sulfide) groups is 1. The average Bonchev–Trinajstić information content (AvgIpc) is 2.25. The number of hydrogen-bond donors (Lipinski definition) is 1. The summed E-state index contributed by atoms with van der Waals surface area (Å²) in [5.41, 5.74) is 5.62. The van der Waals surface area contributed by atoms with Gasteiger partial charge in [0, 0.05) is 6.61 Å². The van der Waals surface area contributed by atoms with Gasteiger partial charge in [-0.3, -0.25) is 4.79 Å². The molecule has 1 atom stereocenters. The molecule has 0 aromatic heterocycles. The average molecular weight is 235 g/mol. The van der Waals surface area contributed by atoms with E-state index in [4.69, 9.17) is 15.2 Å². The van der Waals surface area contributed by atoms with Gasteiger partial charge in [0.05, 0.1) is 6.61 Å². The zero-order chi connectivity index (χ0) is 11.5. The van der Waals surface area contributed by atoms with E-state index >= 15 is 0 Å². The highest BCUT2D eigenvalue weighted by atomic mass is 32.2. The van der Waals surface area contributed by atoms with E-state index in [1.54, 1.807) is 11.8 Å². The number of ether oxygens (including phenoxy) is 2. The molecule has 0 aliphatic heterocycles. The van der Waals surface area contributed by atoms with Crippen molar-refractivity contribution in [1.82, 2.24) is 0 Å². The highest BCUT2D eigenvalue weighted by Gasteiger charge is 2.13. The second kappa shape index (κ2) is 10.3. The number of hydrogen-bond acceptors (Lipinski definition) is 5. The van der Waals surface area contributed by atoms with Crippen LogP contribution in [0, 0.1) is 0 Å². The van der Waals surface area contributed by atoms with Gasteiger partial charge in [-0.1, -0.05) is 6.92 Å². The Morgan fingerprint density at radius 3 is 2.73 bits per heavy atom. The molecule has 0 saturated carbocycles. The number of nitrogens with two attached hydrogens (primary N) is 1. The summed E-state index contributed by atoms with van der Waals surface area (Å²) in [6, 6.07) is -0.497. The van der Waals surface area contributed by atoms with Gasteiger partial charge >= 0.3 is 5.97 Å². The van der Waals surface area contributed by atoms with Crippen LogP contribution in [-0.2, 0) is 14.3 Å². The normalized spacial score (nSPS) is 12.5. The molecule has 0 radical (unpaired) electrons. The Labute approximate surface area is 95.9 Å². The molecular weight excluding hydrogens is 214 g/mol. The molecule has 0 amide bonds. The van der Waals surface area contributed by atoms with E-state index in [1.807, 2.05) is 13.2 Å². The van der Waals surface area contributed by atoms with E-state index in [1.165, 1.54) is 0 Å². The first-order chi connectivity index (χ1) is 7.22. The summed E-state index contributed by atoms with van der Waals surface area (Å²) in [6.45, 7) is 3.49. The van der Waals surface area contributed by atoms with Gasteiger partial charge in [-0.25, -0.2) is 0 Å². The van der Waals surface area contributed by atoms with Gasteiger partial charge in [-0.15, -0.1) is 0 Å². The molecule has 0 spiro atoms. The molecule has 5 heteroatoms. The summed E-state index contributed by atoms with van der Waals surface area (Å²) < 4.78 is 10.1. The molecule has 0 aromatic rings. The maximum Gasteiger partial charge on any atom is 0.323 e. The molecule has 0 saturated heterocycles. The smallest absolute Gasteiger partial charge is 0.323 e. The van der Waals surface area contributed by atoms with Gasteiger partial charge in [0.15, 0.2) is 0 Å².